The SMILES string of the molecule is Cn1c2ccc3ccccc3c2c2ccc(-c3ccccc3)nc21. The Kier molecular flexibility index (Phi) is 2.74. The minimum Gasteiger partial charge on any atom is -0.328 e. The fourth-order valence-electron chi connectivity index (χ4n) is 3.61. The van der Waals surface area contributed by atoms with E-state index in [2.05, 4.69) is 84.4 Å². The van der Waals surface area contributed by atoms with Crippen LogP contribution in [0.1, 0.15) is 0 Å². The maximum atomic E-state index is 4.95. The second-order valence-corrected chi connectivity index (χ2v) is 6.17. The van der Waals surface area contributed by atoms with Crippen LogP contribution in [0, 0.1) is 0 Å². The van der Waals surface area contributed by atoms with Crippen LogP contribution in [0.3, 0.4) is 0 Å². The first-order valence-corrected chi connectivity index (χ1v) is 8.15. The van der Waals surface area contributed by atoms with Gasteiger partial charge in [0, 0.05) is 23.4 Å². The minimum absolute atomic E-state index is 1.01. The van der Waals surface area contributed by atoms with Crippen LogP contribution in [-0.2, 0) is 7.05 Å². The molecule has 0 unspecified atom stereocenters. The third-order valence-electron chi connectivity index (χ3n) is 4.80. The molecule has 3 aromatic carbocycles. The van der Waals surface area contributed by atoms with Crippen molar-refractivity contribution in [3.63, 3.8) is 0 Å². The van der Waals surface area contributed by atoms with E-state index in [4.69, 9.17) is 4.98 Å². The molecule has 0 spiro atoms. The second kappa shape index (κ2) is 4.93. The first kappa shape index (κ1) is 13.3. The summed E-state index contributed by atoms with van der Waals surface area (Å²) in [6.07, 6.45) is 0. The molecule has 0 saturated carbocycles. The molecule has 0 amide bonds. The lowest BCUT2D eigenvalue weighted by Crippen LogP contribution is -1.91. The van der Waals surface area contributed by atoms with E-state index in [0.717, 1.165) is 16.9 Å². The average Bonchev–Trinajstić information content (AvgIpc) is 2.95. The summed E-state index contributed by atoms with van der Waals surface area (Å²) in [6, 6.07) is 27.6. The van der Waals surface area contributed by atoms with Crippen LogP contribution in [0.4, 0.5) is 0 Å². The molecule has 114 valence electrons. The molecule has 0 aliphatic carbocycles. The molecule has 2 heteroatoms. The third-order valence-corrected chi connectivity index (χ3v) is 4.80. The Balaban J connectivity index is 1.90. The van der Waals surface area contributed by atoms with E-state index >= 15 is 0 Å². The molecule has 0 atom stereocenters. The molecule has 5 aromatic rings. The molecule has 0 N–H and O–H groups in total. The number of rotatable bonds is 1. The molecule has 0 saturated heterocycles. The normalized spacial score (nSPS) is 11.5. The van der Waals surface area contributed by atoms with Crippen LogP contribution in [-0.4, -0.2) is 9.55 Å². The number of fused-ring (bicyclic) bond motifs is 5. The number of nitrogens with zero attached hydrogens (tertiary/aromatic N) is 2. The van der Waals surface area contributed by atoms with Crippen LogP contribution >= 0.6 is 0 Å². The van der Waals surface area contributed by atoms with Crippen LogP contribution in [0.15, 0.2) is 78.9 Å². The quantitative estimate of drug-likeness (QED) is 0.397. The highest BCUT2D eigenvalue weighted by molar-refractivity contribution is 6.20. The van der Waals surface area contributed by atoms with Crippen molar-refractivity contribution in [2.24, 2.45) is 7.05 Å². The zero-order valence-corrected chi connectivity index (χ0v) is 13.4. The van der Waals surface area contributed by atoms with Gasteiger partial charge in [-0.05, 0) is 29.0 Å². The Morgan fingerprint density at radius 3 is 2.38 bits per heavy atom. The molecular formula is C22H16N2. The van der Waals surface area contributed by atoms with Gasteiger partial charge < -0.3 is 4.57 Å². The molecule has 0 radical (unpaired) electrons. The van der Waals surface area contributed by atoms with Crippen molar-refractivity contribution >= 4 is 32.7 Å². The van der Waals surface area contributed by atoms with Gasteiger partial charge in [-0.2, -0.15) is 0 Å². The highest BCUT2D eigenvalue weighted by atomic mass is 15.0. The largest absolute Gasteiger partial charge is 0.328 e. The Morgan fingerprint density at radius 1 is 0.708 bits per heavy atom. The summed E-state index contributed by atoms with van der Waals surface area (Å²) in [5.74, 6) is 0. The van der Waals surface area contributed by atoms with Gasteiger partial charge in [-0.25, -0.2) is 4.98 Å². The summed E-state index contributed by atoms with van der Waals surface area (Å²) >= 11 is 0. The van der Waals surface area contributed by atoms with Crippen LogP contribution in [0.5, 0.6) is 0 Å². The van der Waals surface area contributed by atoms with Crippen molar-refractivity contribution in [2.45, 2.75) is 0 Å². The highest BCUT2D eigenvalue weighted by Gasteiger charge is 2.13. The first-order chi connectivity index (χ1) is 11.8. The van der Waals surface area contributed by atoms with Gasteiger partial charge in [0.25, 0.3) is 0 Å². The molecule has 2 aromatic heterocycles. The first-order valence-electron chi connectivity index (χ1n) is 8.15. The standard InChI is InChI=1S/C22H16N2/c1-24-20-14-11-15-7-5-6-10-17(15)21(20)18-12-13-19(23-22(18)24)16-8-3-2-4-9-16/h2-14H,1H3. The van der Waals surface area contributed by atoms with Gasteiger partial charge in [0.15, 0.2) is 0 Å². The van der Waals surface area contributed by atoms with Gasteiger partial charge in [-0.1, -0.05) is 60.7 Å². The van der Waals surface area contributed by atoms with E-state index < -0.39 is 0 Å². The zero-order chi connectivity index (χ0) is 16.1. The summed E-state index contributed by atoms with van der Waals surface area (Å²) in [5, 5.41) is 5.06. The summed E-state index contributed by atoms with van der Waals surface area (Å²) in [6.45, 7) is 0. The Bertz CT molecular complexity index is 1200. The Morgan fingerprint density at radius 2 is 1.50 bits per heavy atom. The number of pyridine rings is 1. The maximum Gasteiger partial charge on any atom is 0.141 e. The predicted molar refractivity (Wildman–Crippen MR) is 101 cm³/mol. The fraction of sp³-hybridized carbons (Fsp3) is 0.0455. The van der Waals surface area contributed by atoms with Gasteiger partial charge >= 0.3 is 0 Å². The van der Waals surface area contributed by atoms with E-state index in [1.807, 2.05) is 6.07 Å². The lowest BCUT2D eigenvalue weighted by atomic mass is 10.0. The molecule has 0 bridgehead atoms. The molecule has 0 aliphatic rings. The summed E-state index contributed by atoms with van der Waals surface area (Å²) in [4.78, 5) is 4.95. The third kappa shape index (κ3) is 1.80. The topological polar surface area (TPSA) is 17.8 Å². The van der Waals surface area contributed by atoms with Crippen LogP contribution < -0.4 is 0 Å². The van der Waals surface area contributed by atoms with Gasteiger partial charge in [0.1, 0.15) is 5.65 Å². The molecule has 2 nitrogen and oxygen atoms in total. The smallest absolute Gasteiger partial charge is 0.141 e. The number of aromatic nitrogens is 2. The molecular weight excluding hydrogens is 292 g/mol. The van der Waals surface area contributed by atoms with Crippen molar-refractivity contribution < 1.29 is 0 Å². The molecule has 2 heterocycles. The Hall–Kier alpha value is -3.13. The number of aryl methyl sites for hydroxylation is 1. The van der Waals surface area contributed by atoms with E-state index in [9.17, 15) is 0 Å². The molecule has 0 fully saturated rings. The average molecular weight is 308 g/mol. The number of hydrogen-bond acceptors (Lipinski definition) is 1. The molecule has 24 heavy (non-hydrogen) atoms. The zero-order valence-electron chi connectivity index (χ0n) is 13.4. The fourth-order valence-corrected chi connectivity index (χ4v) is 3.61. The van der Waals surface area contributed by atoms with Crippen molar-refractivity contribution in [3.8, 4) is 11.3 Å². The molecule has 0 aliphatic heterocycles. The summed E-state index contributed by atoms with van der Waals surface area (Å²) in [5.41, 5.74) is 4.41. The van der Waals surface area contributed by atoms with Gasteiger partial charge in [0.2, 0.25) is 0 Å². The van der Waals surface area contributed by atoms with Gasteiger partial charge in [-0.3, -0.25) is 0 Å². The van der Waals surface area contributed by atoms with Crippen molar-refractivity contribution in [1.82, 2.24) is 9.55 Å². The van der Waals surface area contributed by atoms with Crippen molar-refractivity contribution in [3.05, 3.63) is 78.9 Å². The lowest BCUT2D eigenvalue weighted by Gasteiger charge is -2.02. The lowest BCUT2D eigenvalue weighted by molar-refractivity contribution is 0.991. The second-order valence-electron chi connectivity index (χ2n) is 6.17. The van der Waals surface area contributed by atoms with E-state index in [1.54, 1.807) is 0 Å². The highest BCUT2D eigenvalue weighted by Crippen LogP contribution is 2.34. The van der Waals surface area contributed by atoms with Gasteiger partial charge in [0.05, 0.1) is 11.2 Å². The van der Waals surface area contributed by atoms with E-state index in [0.29, 0.717) is 0 Å². The summed E-state index contributed by atoms with van der Waals surface area (Å²) < 4.78 is 2.20. The van der Waals surface area contributed by atoms with E-state index in [1.165, 1.54) is 27.1 Å². The molecule has 5 rings (SSSR count). The monoisotopic (exact) mass is 308 g/mol. The van der Waals surface area contributed by atoms with Gasteiger partial charge in [-0.15, -0.1) is 0 Å². The minimum atomic E-state index is 1.01. The summed E-state index contributed by atoms with van der Waals surface area (Å²) in [7, 11) is 2.10. The number of benzene rings is 3. The number of hydrogen-bond donors (Lipinski definition) is 0. The predicted octanol–water partition coefficient (Wildman–Crippen LogP) is 5.55. The Labute approximate surface area is 140 Å². The van der Waals surface area contributed by atoms with Crippen LogP contribution in [0.2, 0.25) is 0 Å². The maximum absolute atomic E-state index is 4.95. The van der Waals surface area contributed by atoms with E-state index in [-0.39, 0.29) is 0 Å². The van der Waals surface area contributed by atoms with Crippen molar-refractivity contribution in [2.75, 3.05) is 0 Å². The van der Waals surface area contributed by atoms with Crippen molar-refractivity contribution in [1.29, 1.82) is 0 Å². The van der Waals surface area contributed by atoms with Crippen LogP contribution in [0.25, 0.3) is 44.0 Å².